The molecule has 1 fully saturated rings. The van der Waals surface area contributed by atoms with E-state index in [1.807, 2.05) is 51.1 Å². The number of fused-ring (bicyclic) bond motifs is 1. The van der Waals surface area contributed by atoms with E-state index in [0.29, 0.717) is 30.3 Å². The molecule has 5 rings (SSSR count). The van der Waals surface area contributed by atoms with Crippen LogP contribution >= 0.6 is 11.6 Å². The summed E-state index contributed by atoms with van der Waals surface area (Å²) in [5, 5.41) is 9.33. The molecule has 3 aromatic rings. The zero-order chi connectivity index (χ0) is 33.4. The van der Waals surface area contributed by atoms with Gasteiger partial charge in [-0.15, -0.1) is 0 Å². The van der Waals surface area contributed by atoms with E-state index in [-0.39, 0.29) is 18.5 Å². The van der Waals surface area contributed by atoms with Crippen LogP contribution in [-0.2, 0) is 34.5 Å². The van der Waals surface area contributed by atoms with E-state index >= 15 is 0 Å². The van der Waals surface area contributed by atoms with Crippen LogP contribution in [0.25, 0.3) is 11.1 Å². The number of nitrogens with zero attached hydrogens (tertiary/aromatic N) is 4. The Balaban J connectivity index is 1.14. The number of rotatable bonds is 7. The molecule has 14 heteroatoms. The number of nitrogens with one attached hydrogen (secondary N) is 2. The van der Waals surface area contributed by atoms with Gasteiger partial charge in [0, 0.05) is 49.7 Å². The highest BCUT2D eigenvalue weighted by molar-refractivity contribution is 6.33. The topological polar surface area (TPSA) is 113 Å². The van der Waals surface area contributed by atoms with E-state index in [4.69, 9.17) is 21.1 Å². The van der Waals surface area contributed by atoms with Crippen molar-refractivity contribution in [2.75, 3.05) is 26.2 Å². The van der Waals surface area contributed by atoms with Crippen molar-refractivity contribution < 1.29 is 32.2 Å². The van der Waals surface area contributed by atoms with Gasteiger partial charge in [0.05, 0.1) is 6.54 Å². The highest BCUT2D eigenvalue weighted by Crippen LogP contribution is 2.40. The first-order chi connectivity index (χ1) is 21.5. The van der Waals surface area contributed by atoms with Crippen molar-refractivity contribution in [1.29, 1.82) is 0 Å². The second-order valence-corrected chi connectivity index (χ2v) is 13.5. The van der Waals surface area contributed by atoms with E-state index < -0.39 is 35.0 Å². The maximum Gasteiger partial charge on any atom is 0.410 e. The van der Waals surface area contributed by atoms with Gasteiger partial charge in [-0.05, 0) is 63.4 Å². The monoisotopic (exact) mass is 662 g/mol. The highest BCUT2D eigenvalue weighted by Gasteiger charge is 2.51. The molecule has 1 aromatic heterocycles. The third-order valence-corrected chi connectivity index (χ3v) is 8.35. The number of hydrogen-bond donors (Lipinski definition) is 2. The second kappa shape index (κ2) is 12.7. The predicted molar refractivity (Wildman–Crippen MR) is 165 cm³/mol. The molecule has 1 saturated heterocycles. The fourth-order valence-electron chi connectivity index (χ4n) is 5.15. The minimum absolute atomic E-state index is 0.105. The van der Waals surface area contributed by atoms with Crippen LogP contribution in [0.15, 0.2) is 36.4 Å². The van der Waals surface area contributed by atoms with E-state index in [1.165, 1.54) is 0 Å². The normalized spacial score (nSPS) is 17.4. The van der Waals surface area contributed by atoms with Crippen molar-refractivity contribution >= 4 is 23.6 Å². The Labute approximate surface area is 270 Å². The van der Waals surface area contributed by atoms with E-state index in [2.05, 4.69) is 25.4 Å². The maximum absolute atomic E-state index is 13.3. The summed E-state index contributed by atoms with van der Waals surface area (Å²) in [6.07, 6.45) is -5.34. The zero-order valence-electron chi connectivity index (χ0n) is 26.4. The smallest absolute Gasteiger partial charge is 0.410 e. The lowest BCUT2D eigenvalue weighted by molar-refractivity contribution is -0.182. The Kier molecular flexibility index (Phi) is 9.29. The molecule has 0 aliphatic carbocycles. The molecule has 2 amide bonds. The lowest BCUT2D eigenvalue weighted by Gasteiger charge is -2.35. The molecular formula is C32H38ClF3N6O4. The average molecular weight is 663 g/mol. The van der Waals surface area contributed by atoms with Crippen LogP contribution in [0.4, 0.5) is 18.0 Å². The Morgan fingerprint density at radius 2 is 1.74 bits per heavy atom. The van der Waals surface area contributed by atoms with Gasteiger partial charge < -0.3 is 19.7 Å². The Hall–Kier alpha value is -3.84. The summed E-state index contributed by atoms with van der Waals surface area (Å²) in [4.78, 5) is 33.2. The number of ether oxygens (including phenoxy) is 2. The third kappa shape index (κ3) is 7.58. The molecule has 10 nitrogen and oxygen atoms in total. The molecule has 2 N–H and O–H groups in total. The number of aromatic nitrogens is 3. The maximum atomic E-state index is 13.3. The number of benzene rings is 2. The number of aromatic amines is 1. The average Bonchev–Trinajstić information content (AvgIpc) is 3.62. The SMILES string of the molecule is CC(C)(C)OC(=O)N1CCN(Cc2ccc(-c3cc4c(cc3Cl)C[C@H](C(=O)NCc3nc(C(C)(C)C(F)(F)F)n[nH]3)O4)cc2)CC1. The van der Waals surface area contributed by atoms with Gasteiger partial charge in [0.15, 0.2) is 11.9 Å². The Bertz CT molecular complexity index is 1580. The number of alkyl halides is 3. The van der Waals surface area contributed by atoms with Crippen LogP contribution in [0, 0.1) is 0 Å². The van der Waals surface area contributed by atoms with Gasteiger partial charge in [0.1, 0.15) is 22.6 Å². The largest absolute Gasteiger partial charge is 0.480 e. The van der Waals surface area contributed by atoms with Crippen molar-refractivity contribution in [2.24, 2.45) is 0 Å². The summed E-state index contributed by atoms with van der Waals surface area (Å²) in [6, 6.07) is 11.7. The van der Waals surface area contributed by atoms with E-state index in [1.54, 1.807) is 11.0 Å². The Morgan fingerprint density at radius 1 is 1.07 bits per heavy atom. The van der Waals surface area contributed by atoms with Crippen molar-refractivity contribution in [2.45, 2.75) is 77.4 Å². The molecule has 0 spiro atoms. The summed E-state index contributed by atoms with van der Waals surface area (Å²) in [5.74, 6) is -0.186. The molecule has 3 heterocycles. The van der Waals surface area contributed by atoms with Gasteiger partial charge in [-0.25, -0.2) is 9.78 Å². The van der Waals surface area contributed by atoms with Crippen molar-refractivity contribution in [3.8, 4) is 16.9 Å². The highest BCUT2D eigenvalue weighted by atomic mass is 35.5. The lowest BCUT2D eigenvalue weighted by atomic mass is 9.92. The van der Waals surface area contributed by atoms with Gasteiger partial charge in [-0.3, -0.25) is 14.8 Å². The molecule has 2 aromatic carbocycles. The van der Waals surface area contributed by atoms with Crippen LogP contribution in [0.3, 0.4) is 0 Å². The fourth-order valence-corrected chi connectivity index (χ4v) is 5.45. The quantitative estimate of drug-likeness (QED) is 0.337. The molecular weight excluding hydrogens is 625 g/mol. The fraction of sp³-hybridized carbons (Fsp3) is 0.500. The van der Waals surface area contributed by atoms with E-state index in [9.17, 15) is 22.8 Å². The van der Waals surface area contributed by atoms with Crippen LogP contribution < -0.4 is 10.1 Å². The molecule has 0 saturated carbocycles. The van der Waals surface area contributed by atoms with E-state index in [0.717, 1.165) is 55.7 Å². The molecule has 1 atom stereocenters. The van der Waals surface area contributed by atoms with Crippen molar-refractivity contribution in [1.82, 2.24) is 30.3 Å². The van der Waals surface area contributed by atoms with Gasteiger partial charge in [-0.1, -0.05) is 35.9 Å². The first kappa shape index (κ1) is 33.5. The molecule has 248 valence electrons. The summed E-state index contributed by atoms with van der Waals surface area (Å²) in [7, 11) is 0. The molecule has 2 aliphatic rings. The van der Waals surface area contributed by atoms with Crippen molar-refractivity contribution in [3.63, 3.8) is 0 Å². The summed E-state index contributed by atoms with van der Waals surface area (Å²) in [6.45, 7) is 10.9. The number of piperazine rings is 1. The van der Waals surface area contributed by atoms with Gasteiger partial charge >= 0.3 is 12.3 Å². The van der Waals surface area contributed by atoms with Crippen LogP contribution in [-0.4, -0.2) is 81.0 Å². The summed E-state index contributed by atoms with van der Waals surface area (Å²) >= 11 is 6.65. The third-order valence-electron chi connectivity index (χ3n) is 8.04. The van der Waals surface area contributed by atoms with Gasteiger partial charge in [0.2, 0.25) is 0 Å². The van der Waals surface area contributed by atoms with Gasteiger partial charge in [-0.2, -0.15) is 18.3 Å². The second-order valence-electron chi connectivity index (χ2n) is 13.1. The van der Waals surface area contributed by atoms with Crippen LogP contribution in [0.2, 0.25) is 5.02 Å². The molecule has 0 unspecified atom stereocenters. The van der Waals surface area contributed by atoms with Crippen LogP contribution in [0.5, 0.6) is 5.75 Å². The first-order valence-electron chi connectivity index (χ1n) is 15.0. The lowest BCUT2D eigenvalue weighted by Crippen LogP contribution is -2.49. The summed E-state index contributed by atoms with van der Waals surface area (Å²) < 4.78 is 51.4. The molecule has 0 radical (unpaired) electrons. The van der Waals surface area contributed by atoms with Gasteiger partial charge in [0.25, 0.3) is 5.91 Å². The predicted octanol–water partition coefficient (Wildman–Crippen LogP) is 5.64. The number of halogens is 4. The number of H-pyrrole nitrogens is 1. The first-order valence-corrected chi connectivity index (χ1v) is 15.4. The van der Waals surface area contributed by atoms with Crippen molar-refractivity contribution in [3.05, 3.63) is 64.2 Å². The number of carbonyl (C=O) groups excluding carboxylic acids is 2. The Morgan fingerprint density at radius 3 is 2.37 bits per heavy atom. The number of amides is 2. The molecule has 2 aliphatic heterocycles. The zero-order valence-corrected chi connectivity index (χ0v) is 27.2. The summed E-state index contributed by atoms with van der Waals surface area (Å²) in [5.41, 5.74) is 0.811. The minimum Gasteiger partial charge on any atom is -0.480 e. The minimum atomic E-state index is -4.52. The van der Waals surface area contributed by atoms with Crippen LogP contribution in [0.1, 0.15) is 57.4 Å². The molecule has 46 heavy (non-hydrogen) atoms. The molecule has 0 bridgehead atoms. The standard InChI is InChI=1S/C32H38ClF3N6O4/c1-30(2,3)46-29(44)42-12-10-41(11-13-42)18-19-6-8-20(9-7-19)22-16-24-21(14-23(22)33)15-25(45-24)27(43)37-17-26-38-28(40-39-26)31(4,5)32(34,35)36/h6-9,14,16,25H,10-13,15,17-18H2,1-5H3,(H,37,43)(H,38,39,40)/t25-/m1/s1. The number of hydrogen-bond acceptors (Lipinski definition) is 7. The number of carbonyl (C=O) groups is 2.